The third-order valence-corrected chi connectivity index (χ3v) is 7.79. The van der Waals surface area contributed by atoms with Crippen LogP contribution in [0.5, 0.6) is 11.6 Å². The Bertz CT molecular complexity index is 1550. The van der Waals surface area contributed by atoms with E-state index in [-0.39, 0.29) is 18.2 Å². The van der Waals surface area contributed by atoms with Crippen LogP contribution >= 0.6 is 22.9 Å². The number of likely N-dealkylation sites (tertiary alicyclic amines) is 1. The molecular formula is C28H25ClN6O3S. The maximum atomic E-state index is 12.3. The van der Waals surface area contributed by atoms with Crippen LogP contribution in [0.15, 0.2) is 55.0 Å². The zero-order chi connectivity index (χ0) is 26.6. The molecule has 1 aromatic carbocycles. The number of hydrogen-bond donors (Lipinski definition) is 2. The van der Waals surface area contributed by atoms with Gasteiger partial charge in [-0.05, 0) is 43.2 Å². The van der Waals surface area contributed by atoms with Gasteiger partial charge in [0.25, 0.3) is 0 Å². The van der Waals surface area contributed by atoms with E-state index in [4.69, 9.17) is 21.1 Å². The first kappa shape index (κ1) is 25.4. The van der Waals surface area contributed by atoms with E-state index in [1.807, 2.05) is 24.3 Å². The Kier molecular flexibility index (Phi) is 7.45. The van der Waals surface area contributed by atoms with Crippen LogP contribution in [0.4, 0.5) is 16.3 Å². The fourth-order valence-corrected chi connectivity index (χ4v) is 5.64. The van der Waals surface area contributed by atoms with E-state index < -0.39 is 0 Å². The number of carbonyl (C=O) groups is 1. The molecule has 0 saturated carbocycles. The van der Waals surface area contributed by atoms with Gasteiger partial charge in [0.2, 0.25) is 5.88 Å². The van der Waals surface area contributed by atoms with E-state index >= 15 is 0 Å². The standard InChI is InChI=1S/C28H25ClN6O3S/c29-22-14-19(7-9-24(22)38-25-5-1-2-10-30-25)34-27-26-23(32-17-33-27)15-21(39-26)8-6-18-13-20(16-31-18)37-28(36)35-11-3-4-12-35/h1-2,5,7,9-10,14-15,17-18,20,31H,3-4,11-13,16H2,(H,32,33,34)/t18-,20-/m1/s1. The van der Waals surface area contributed by atoms with Gasteiger partial charge >= 0.3 is 6.09 Å². The molecule has 2 atom stereocenters. The number of pyridine rings is 1. The van der Waals surface area contributed by atoms with Gasteiger partial charge in [0.1, 0.15) is 18.2 Å². The lowest BCUT2D eigenvalue weighted by molar-refractivity contribution is 0.0763. The minimum atomic E-state index is -0.215. The largest absolute Gasteiger partial charge is 0.445 e. The number of ether oxygens (including phenoxy) is 2. The summed E-state index contributed by atoms with van der Waals surface area (Å²) in [6.07, 6.45) is 5.57. The second-order valence-electron chi connectivity index (χ2n) is 9.25. The molecule has 0 spiro atoms. The maximum Gasteiger partial charge on any atom is 0.410 e. The summed E-state index contributed by atoms with van der Waals surface area (Å²) in [6.45, 7) is 2.18. The van der Waals surface area contributed by atoms with E-state index in [0.717, 1.165) is 46.7 Å². The zero-order valence-corrected chi connectivity index (χ0v) is 22.5. The molecule has 2 N–H and O–H groups in total. The molecule has 9 nitrogen and oxygen atoms in total. The molecule has 11 heteroatoms. The van der Waals surface area contributed by atoms with Crippen molar-refractivity contribution in [1.82, 2.24) is 25.2 Å². The molecule has 2 aliphatic heterocycles. The Balaban J connectivity index is 1.11. The first-order chi connectivity index (χ1) is 19.1. The molecule has 5 heterocycles. The van der Waals surface area contributed by atoms with E-state index in [9.17, 15) is 4.79 Å². The Morgan fingerprint density at radius 1 is 1.15 bits per heavy atom. The number of nitrogens with one attached hydrogen (secondary N) is 2. The number of halogens is 1. The fourth-order valence-electron chi connectivity index (χ4n) is 4.50. The van der Waals surface area contributed by atoms with Crippen LogP contribution in [0.3, 0.4) is 0 Å². The van der Waals surface area contributed by atoms with Crippen LogP contribution in [0.25, 0.3) is 10.2 Å². The quantitative estimate of drug-likeness (QED) is 0.305. The smallest absolute Gasteiger partial charge is 0.410 e. The van der Waals surface area contributed by atoms with Crippen LogP contribution in [0.1, 0.15) is 24.1 Å². The number of rotatable bonds is 5. The van der Waals surface area contributed by atoms with Crippen molar-refractivity contribution in [2.24, 2.45) is 0 Å². The Morgan fingerprint density at radius 2 is 2.05 bits per heavy atom. The summed E-state index contributed by atoms with van der Waals surface area (Å²) in [7, 11) is 0. The fraction of sp³-hybridized carbons (Fsp3) is 0.286. The van der Waals surface area contributed by atoms with Crippen molar-refractivity contribution in [3.05, 3.63) is 64.9 Å². The Morgan fingerprint density at radius 3 is 2.87 bits per heavy atom. The lowest BCUT2D eigenvalue weighted by Crippen LogP contribution is -2.32. The minimum Gasteiger partial charge on any atom is -0.445 e. The molecule has 0 radical (unpaired) electrons. The average molecular weight is 561 g/mol. The summed E-state index contributed by atoms with van der Waals surface area (Å²) < 4.78 is 12.3. The van der Waals surface area contributed by atoms with Gasteiger partial charge in [0.05, 0.1) is 26.2 Å². The molecule has 1 amide bonds. The summed E-state index contributed by atoms with van der Waals surface area (Å²) in [5, 5.41) is 7.12. The number of thiophene rings is 1. The number of aromatic nitrogens is 3. The SMILES string of the molecule is O=C(O[C@H]1CN[C@H](C#Cc2cc3ncnc(Nc4ccc(Oc5ccccn5)c(Cl)c4)c3s2)C1)N1CCCC1. The third kappa shape index (κ3) is 6.06. The maximum absolute atomic E-state index is 12.3. The molecule has 39 heavy (non-hydrogen) atoms. The average Bonchev–Trinajstić information content (AvgIpc) is 3.71. The molecule has 4 aromatic rings. The van der Waals surface area contributed by atoms with Gasteiger partial charge in [-0.2, -0.15) is 0 Å². The van der Waals surface area contributed by atoms with Gasteiger partial charge in [-0.3, -0.25) is 5.32 Å². The van der Waals surface area contributed by atoms with Crippen molar-refractivity contribution in [3.63, 3.8) is 0 Å². The number of benzene rings is 1. The molecule has 0 unspecified atom stereocenters. The molecule has 6 rings (SSSR count). The third-order valence-electron chi connectivity index (χ3n) is 6.45. The second kappa shape index (κ2) is 11.5. The van der Waals surface area contributed by atoms with Crippen molar-refractivity contribution < 1.29 is 14.3 Å². The number of nitrogens with zero attached hydrogens (tertiary/aromatic N) is 4. The first-order valence-electron chi connectivity index (χ1n) is 12.7. The number of hydrogen-bond acceptors (Lipinski definition) is 9. The summed E-state index contributed by atoms with van der Waals surface area (Å²) in [5.74, 6) is 8.17. The molecule has 2 aliphatic rings. The summed E-state index contributed by atoms with van der Waals surface area (Å²) in [4.78, 5) is 27.9. The van der Waals surface area contributed by atoms with Crippen LogP contribution in [0, 0.1) is 11.8 Å². The highest BCUT2D eigenvalue weighted by Crippen LogP contribution is 2.34. The topological polar surface area (TPSA) is 102 Å². The van der Waals surface area contributed by atoms with E-state index in [1.54, 1.807) is 29.3 Å². The van der Waals surface area contributed by atoms with Gasteiger partial charge < -0.3 is 19.7 Å². The summed E-state index contributed by atoms with van der Waals surface area (Å²) in [6, 6.07) is 12.8. The number of carbonyl (C=O) groups excluding carboxylic acids is 1. The number of fused-ring (bicyclic) bond motifs is 1. The van der Waals surface area contributed by atoms with Gasteiger partial charge in [-0.15, -0.1) is 11.3 Å². The molecule has 2 fully saturated rings. The van der Waals surface area contributed by atoms with E-state index in [2.05, 4.69) is 37.4 Å². The van der Waals surface area contributed by atoms with Crippen LogP contribution < -0.4 is 15.4 Å². The Labute approximate surface area is 234 Å². The van der Waals surface area contributed by atoms with Gasteiger partial charge in [0.15, 0.2) is 5.82 Å². The van der Waals surface area contributed by atoms with E-state index in [0.29, 0.717) is 35.4 Å². The van der Waals surface area contributed by atoms with Crippen LogP contribution in [-0.2, 0) is 4.74 Å². The normalized spacial score (nSPS) is 18.5. The Hall–Kier alpha value is -3.91. The number of anilines is 2. The molecule has 0 bridgehead atoms. The highest BCUT2D eigenvalue weighted by atomic mass is 35.5. The predicted molar refractivity (Wildman–Crippen MR) is 151 cm³/mol. The van der Waals surface area contributed by atoms with Crippen LogP contribution in [0.2, 0.25) is 5.02 Å². The van der Waals surface area contributed by atoms with Crippen molar-refractivity contribution in [1.29, 1.82) is 0 Å². The van der Waals surface area contributed by atoms with Crippen molar-refractivity contribution in [3.8, 4) is 23.5 Å². The molecule has 198 valence electrons. The van der Waals surface area contributed by atoms with Crippen molar-refractivity contribution in [2.45, 2.75) is 31.4 Å². The van der Waals surface area contributed by atoms with Gasteiger partial charge in [-0.25, -0.2) is 19.7 Å². The zero-order valence-electron chi connectivity index (χ0n) is 20.9. The minimum absolute atomic E-state index is 0.0377. The lowest BCUT2D eigenvalue weighted by atomic mass is 10.2. The van der Waals surface area contributed by atoms with E-state index in [1.165, 1.54) is 17.7 Å². The molecule has 0 aliphatic carbocycles. The number of amides is 1. The second-order valence-corrected chi connectivity index (χ2v) is 10.7. The molecule has 2 saturated heterocycles. The summed E-state index contributed by atoms with van der Waals surface area (Å²) >= 11 is 7.98. The monoisotopic (exact) mass is 560 g/mol. The lowest BCUT2D eigenvalue weighted by Gasteiger charge is -2.18. The molecular weight excluding hydrogens is 536 g/mol. The predicted octanol–water partition coefficient (Wildman–Crippen LogP) is 5.59. The summed E-state index contributed by atoms with van der Waals surface area (Å²) in [5.41, 5.74) is 1.57. The molecule has 3 aromatic heterocycles. The van der Waals surface area contributed by atoms with Gasteiger partial charge in [-0.1, -0.05) is 29.5 Å². The van der Waals surface area contributed by atoms with Crippen molar-refractivity contribution in [2.75, 3.05) is 25.0 Å². The highest BCUT2D eigenvalue weighted by molar-refractivity contribution is 7.20. The van der Waals surface area contributed by atoms with Crippen LogP contribution in [-0.4, -0.2) is 57.7 Å². The van der Waals surface area contributed by atoms with Gasteiger partial charge in [0, 0.05) is 44.0 Å². The van der Waals surface area contributed by atoms with Crippen molar-refractivity contribution >= 4 is 50.8 Å². The first-order valence-corrected chi connectivity index (χ1v) is 13.9. The highest BCUT2D eigenvalue weighted by Gasteiger charge is 2.28.